The van der Waals surface area contributed by atoms with E-state index in [2.05, 4.69) is 4.98 Å². The summed E-state index contributed by atoms with van der Waals surface area (Å²) in [5.74, 6) is 0. The van der Waals surface area contributed by atoms with E-state index in [1.807, 2.05) is 0 Å². The molecule has 2 atom stereocenters. The monoisotopic (exact) mass is 250 g/mol. The Morgan fingerprint density at radius 3 is 2.35 bits per heavy atom. The van der Waals surface area contributed by atoms with E-state index < -0.39 is 23.9 Å². The number of halogens is 3. The van der Waals surface area contributed by atoms with Gasteiger partial charge in [0.05, 0.1) is 17.4 Å². The summed E-state index contributed by atoms with van der Waals surface area (Å²) in [6.45, 7) is 0.166. The molecule has 0 aliphatic carbocycles. The molecule has 96 valence electrons. The second kappa shape index (κ2) is 5.44. The highest BCUT2D eigenvalue weighted by atomic mass is 19.4. The van der Waals surface area contributed by atoms with E-state index in [4.69, 9.17) is 5.73 Å². The number of aromatic nitrogens is 1. The highest BCUT2D eigenvalue weighted by Crippen LogP contribution is 2.29. The van der Waals surface area contributed by atoms with Gasteiger partial charge in [0.2, 0.25) is 0 Å². The van der Waals surface area contributed by atoms with Crippen molar-refractivity contribution in [2.45, 2.75) is 24.8 Å². The average Bonchev–Trinajstić information content (AvgIpc) is 2.27. The topological polar surface area (TPSA) is 79.4 Å². The Bertz CT molecular complexity index is 354. The van der Waals surface area contributed by atoms with Crippen LogP contribution in [0.3, 0.4) is 0 Å². The van der Waals surface area contributed by atoms with Crippen molar-refractivity contribution in [3.8, 4) is 0 Å². The van der Waals surface area contributed by atoms with Gasteiger partial charge >= 0.3 is 6.18 Å². The van der Waals surface area contributed by atoms with E-state index in [0.717, 1.165) is 12.1 Å². The first-order valence-electron chi connectivity index (χ1n) is 4.95. The maximum atomic E-state index is 12.2. The standard InChI is InChI=1S/C10H13F3N2O2/c11-10(12,13)6-1-2-7(15-5-6)9(17)8(16)3-4-14/h1-2,5,8-9,16-17H,3-4,14H2. The summed E-state index contributed by atoms with van der Waals surface area (Å²) < 4.78 is 36.7. The number of pyridine rings is 1. The number of hydrogen-bond donors (Lipinski definition) is 3. The second-order valence-corrected chi connectivity index (χ2v) is 3.56. The lowest BCUT2D eigenvalue weighted by atomic mass is 10.1. The Kier molecular flexibility index (Phi) is 4.44. The van der Waals surface area contributed by atoms with Crippen LogP contribution in [-0.2, 0) is 6.18 Å². The van der Waals surface area contributed by atoms with E-state index >= 15 is 0 Å². The number of hydrogen-bond acceptors (Lipinski definition) is 4. The smallest absolute Gasteiger partial charge is 0.390 e. The molecule has 0 aliphatic heterocycles. The molecule has 0 aliphatic rings. The average molecular weight is 250 g/mol. The minimum atomic E-state index is -4.47. The third kappa shape index (κ3) is 3.65. The minimum absolute atomic E-state index is 0.0149. The Hall–Kier alpha value is -1.18. The number of aliphatic hydroxyl groups excluding tert-OH is 2. The quantitative estimate of drug-likeness (QED) is 0.740. The fourth-order valence-corrected chi connectivity index (χ4v) is 1.27. The zero-order valence-corrected chi connectivity index (χ0v) is 8.85. The first-order valence-corrected chi connectivity index (χ1v) is 4.95. The predicted octanol–water partition coefficient (Wildman–Crippen LogP) is 0.844. The lowest BCUT2D eigenvalue weighted by molar-refractivity contribution is -0.137. The highest BCUT2D eigenvalue weighted by molar-refractivity contribution is 5.18. The van der Waals surface area contributed by atoms with Gasteiger partial charge < -0.3 is 15.9 Å². The number of nitrogens with zero attached hydrogens (tertiary/aromatic N) is 1. The van der Waals surface area contributed by atoms with E-state index in [1.54, 1.807) is 0 Å². The molecule has 0 spiro atoms. The largest absolute Gasteiger partial charge is 0.417 e. The lowest BCUT2D eigenvalue weighted by Crippen LogP contribution is -2.22. The maximum Gasteiger partial charge on any atom is 0.417 e. The van der Waals surface area contributed by atoms with Gasteiger partial charge in [-0.3, -0.25) is 4.98 Å². The molecular weight excluding hydrogens is 237 g/mol. The molecule has 1 rings (SSSR count). The molecule has 0 saturated carbocycles. The van der Waals surface area contributed by atoms with Crippen molar-refractivity contribution in [3.63, 3.8) is 0 Å². The van der Waals surface area contributed by atoms with Gasteiger partial charge in [-0.1, -0.05) is 0 Å². The first-order chi connectivity index (χ1) is 7.86. The van der Waals surface area contributed by atoms with Gasteiger partial charge in [-0.15, -0.1) is 0 Å². The fraction of sp³-hybridized carbons (Fsp3) is 0.500. The Labute approximate surface area is 95.9 Å². The van der Waals surface area contributed by atoms with Crippen LogP contribution >= 0.6 is 0 Å². The third-order valence-electron chi connectivity index (χ3n) is 2.24. The normalized spacial score (nSPS) is 15.6. The van der Waals surface area contributed by atoms with Crippen molar-refractivity contribution < 1.29 is 23.4 Å². The van der Waals surface area contributed by atoms with Gasteiger partial charge in [-0.25, -0.2) is 0 Å². The summed E-state index contributed by atoms with van der Waals surface area (Å²) in [6, 6.07) is 1.84. The Morgan fingerprint density at radius 2 is 1.94 bits per heavy atom. The summed E-state index contributed by atoms with van der Waals surface area (Å²) in [5.41, 5.74) is 4.27. The summed E-state index contributed by atoms with van der Waals surface area (Å²) in [5, 5.41) is 19.0. The van der Waals surface area contributed by atoms with Gasteiger partial charge in [0.15, 0.2) is 0 Å². The molecule has 1 aromatic heterocycles. The van der Waals surface area contributed by atoms with Crippen molar-refractivity contribution >= 4 is 0 Å². The predicted molar refractivity (Wildman–Crippen MR) is 53.9 cm³/mol. The molecule has 4 nitrogen and oxygen atoms in total. The minimum Gasteiger partial charge on any atom is -0.390 e. The molecule has 2 unspecified atom stereocenters. The second-order valence-electron chi connectivity index (χ2n) is 3.56. The molecular formula is C10H13F3N2O2. The van der Waals surface area contributed by atoms with Crippen molar-refractivity contribution in [2.24, 2.45) is 5.73 Å². The van der Waals surface area contributed by atoms with Crippen LogP contribution in [0.15, 0.2) is 18.3 Å². The summed E-state index contributed by atoms with van der Waals surface area (Å²) >= 11 is 0. The molecule has 4 N–H and O–H groups in total. The number of aliphatic hydroxyl groups is 2. The van der Waals surface area contributed by atoms with E-state index in [0.29, 0.717) is 6.20 Å². The summed E-state index contributed by atoms with van der Waals surface area (Å²) in [4.78, 5) is 3.48. The van der Waals surface area contributed by atoms with E-state index in [-0.39, 0.29) is 18.7 Å². The van der Waals surface area contributed by atoms with Crippen LogP contribution in [0.2, 0.25) is 0 Å². The zero-order valence-electron chi connectivity index (χ0n) is 8.85. The molecule has 1 aromatic rings. The van der Waals surface area contributed by atoms with Gasteiger partial charge in [0.25, 0.3) is 0 Å². The van der Waals surface area contributed by atoms with Crippen molar-refractivity contribution in [3.05, 3.63) is 29.6 Å². The van der Waals surface area contributed by atoms with E-state index in [1.165, 1.54) is 0 Å². The number of alkyl halides is 3. The Morgan fingerprint density at radius 1 is 1.29 bits per heavy atom. The third-order valence-corrected chi connectivity index (χ3v) is 2.24. The molecule has 0 radical (unpaired) electrons. The van der Waals surface area contributed by atoms with Crippen LogP contribution in [0.4, 0.5) is 13.2 Å². The summed E-state index contributed by atoms with van der Waals surface area (Å²) in [7, 11) is 0. The fourth-order valence-electron chi connectivity index (χ4n) is 1.27. The van der Waals surface area contributed by atoms with Crippen LogP contribution in [0.25, 0.3) is 0 Å². The SMILES string of the molecule is NCCC(O)C(O)c1ccc(C(F)(F)F)cn1. The van der Waals surface area contributed by atoms with E-state index in [9.17, 15) is 23.4 Å². The van der Waals surface area contributed by atoms with Crippen molar-refractivity contribution in [1.29, 1.82) is 0 Å². The molecule has 7 heteroatoms. The molecule has 0 fully saturated rings. The highest BCUT2D eigenvalue weighted by Gasteiger charge is 2.31. The molecule has 0 aromatic carbocycles. The van der Waals surface area contributed by atoms with Crippen molar-refractivity contribution in [2.75, 3.05) is 6.54 Å². The number of nitrogens with two attached hydrogens (primary N) is 1. The van der Waals surface area contributed by atoms with Crippen LogP contribution in [-0.4, -0.2) is 27.8 Å². The number of rotatable bonds is 4. The van der Waals surface area contributed by atoms with Crippen molar-refractivity contribution in [1.82, 2.24) is 4.98 Å². The molecule has 0 saturated heterocycles. The molecule has 0 amide bonds. The molecule has 1 heterocycles. The van der Waals surface area contributed by atoms with Gasteiger partial charge in [0, 0.05) is 6.20 Å². The first kappa shape index (κ1) is 13.9. The maximum absolute atomic E-state index is 12.2. The zero-order chi connectivity index (χ0) is 13.1. The molecule has 17 heavy (non-hydrogen) atoms. The van der Waals surface area contributed by atoms with Gasteiger partial charge in [-0.2, -0.15) is 13.2 Å². The summed E-state index contributed by atoms with van der Waals surface area (Å²) in [6.07, 6.45) is -6.17. The van der Waals surface area contributed by atoms with Crippen LogP contribution in [0, 0.1) is 0 Å². The van der Waals surface area contributed by atoms with Crippen LogP contribution in [0.5, 0.6) is 0 Å². The van der Waals surface area contributed by atoms with Gasteiger partial charge in [-0.05, 0) is 25.1 Å². The lowest BCUT2D eigenvalue weighted by Gasteiger charge is -2.17. The molecule has 0 bridgehead atoms. The Balaban J connectivity index is 2.80. The van der Waals surface area contributed by atoms with Crippen LogP contribution in [0.1, 0.15) is 23.8 Å². The van der Waals surface area contributed by atoms with Gasteiger partial charge in [0.1, 0.15) is 6.10 Å². The van der Waals surface area contributed by atoms with Crippen LogP contribution < -0.4 is 5.73 Å².